The van der Waals surface area contributed by atoms with Crippen molar-refractivity contribution in [2.24, 2.45) is 5.73 Å². The summed E-state index contributed by atoms with van der Waals surface area (Å²) in [4.78, 5) is 17.1. The van der Waals surface area contributed by atoms with Gasteiger partial charge in [0.15, 0.2) is 0 Å². The van der Waals surface area contributed by atoms with Crippen LogP contribution in [0.4, 0.5) is 0 Å². The lowest BCUT2D eigenvalue weighted by Crippen LogP contribution is -2.38. The van der Waals surface area contributed by atoms with Crippen LogP contribution in [0, 0.1) is 0 Å². The Labute approximate surface area is 106 Å². The van der Waals surface area contributed by atoms with Gasteiger partial charge in [0, 0.05) is 31.1 Å². The lowest BCUT2D eigenvalue weighted by atomic mass is 10.3. The fourth-order valence-corrected chi connectivity index (χ4v) is 2.80. The van der Waals surface area contributed by atoms with Crippen LogP contribution in [0.3, 0.4) is 0 Å². The molecule has 1 unspecified atom stereocenters. The van der Waals surface area contributed by atoms with Crippen molar-refractivity contribution in [3.05, 3.63) is 22.4 Å². The number of nitrogens with zero attached hydrogens (tertiary/aromatic N) is 2. The fraction of sp³-hybridized carbons (Fsp3) is 0.583. The van der Waals surface area contributed by atoms with Crippen molar-refractivity contribution in [2.75, 3.05) is 26.7 Å². The average molecular weight is 253 g/mol. The van der Waals surface area contributed by atoms with Gasteiger partial charge >= 0.3 is 0 Å². The first kappa shape index (κ1) is 12.5. The molecule has 2 heterocycles. The van der Waals surface area contributed by atoms with Gasteiger partial charge in [-0.05, 0) is 17.9 Å². The summed E-state index contributed by atoms with van der Waals surface area (Å²) in [7, 11) is 1.86. The number of likely N-dealkylation sites (N-methyl/N-ethyl adjacent to an activating group) is 1. The molecule has 5 heteroatoms. The van der Waals surface area contributed by atoms with Gasteiger partial charge in [-0.25, -0.2) is 0 Å². The van der Waals surface area contributed by atoms with Crippen molar-refractivity contribution >= 4 is 17.2 Å². The van der Waals surface area contributed by atoms with Gasteiger partial charge in [-0.3, -0.25) is 9.69 Å². The zero-order chi connectivity index (χ0) is 12.3. The Balaban J connectivity index is 1.79. The molecule has 0 radical (unpaired) electrons. The summed E-state index contributed by atoms with van der Waals surface area (Å²) < 4.78 is 0. The Bertz CT molecular complexity index is 366. The fourth-order valence-electron chi connectivity index (χ4n) is 2.04. The Morgan fingerprint density at radius 2 is 2.53 bits per heavy atom. The molecule has 94 valence electrons. The van der Waals surface area contributed by atoms with Crippen LogP contribution in [0.2, 0.25) is 0 Å². The quantitative estimate of drug-likeness (QED) is 0.861. The number of carbonyl (C=O) groups is 1. The molecule has 1 aromatic rings. The first-order chi connectivity index (χ1) is 8.15. The second kappa shape index (κ2) is 5.62. The second-order valence-electron chi connectivity index (χ2n) is 4.61. The third-order valence-corrected chi connectivity index (χ3v) is 3.93. The van der Waals surface area contributed by atoms with E-state index in [2.05, 4.69) is 11.0 Å². The van der Waals surface area contributed by atoms with E-state index in [1.54, 1.807) is 16.2 Å². The number of likely N-dealkylation sites (tertiary alicyclic amines) is 1. The summed E-state index contributed by atoms with van der Waals surface area (Å²) in [6.07, 6.45) is 1.00. The maximum atomic E-state index is 12.0. The van der Waals surface area contributed by atoms with Crippen LogP contribution in [-0.2, 0) is 11.3 Å². The van der Waals surface area contributed by atoms with Crippen LogP contribution in [0.5, 0.6) is 0 Å². The monoisotopic (exact) mass is 253 g/mol. The Kier molecular flexibility index (Phi) is 4.15. The van der Waals surface area contributed by atoms with E-state index < -0.39 is 0 Å². The Morgan fingerprint density at radius 1 is 1.71 bits per heavy atom. The molecule has 0 aliphatic carbocycles. The van der Waals surface area contributed by atoms with Crippen LogP contribution >= 0.6 is 11.3 Å². The molecular weight excluding hydrogens is 234 g/mol. The van der Waals surface area contributed by atoms with E-state index in [0.29, 0.717) is 13.1 Å². The SMILES string of the molecule is CN(Cc1cccs1)C(=O)CN1CCC(N)C1. The number of thiophene rings is 1. The molecule has 1 saturated heterocycles. The smallest absolute Gasteiger partial charge is 0.236 e. The highest BCUT2D eigenvalue weighted by molar-refractivity contribution is 7.09. The van der Waals surface area contributed by atoms with E-state index >= 15 is 0 Å². The molecule has 1 fully saturated rings. The first-order valence-corrected chi connectivity index (χ1v) is 6.77. The minimum Gasteiger partial charge on any atom is -0.340 e. The first-order valence-electron chi connectivity index (χ1n) is 5.89. The molecule has 2 N–H and O–H groups in total. The molecule has 1 aromatic heterocycles. The van der Waals surface area contributed by atoms with E-state index in [1.807, 2.05) is 18.5 Å². The van der Waals surface area contributed by atoms with Crippen LogP contribution in [0.15, 0.2) is 17.5 Å². The molecule has 1 atom stereocenters. The molecule has 1 aliphatic heterocycles. The number of carbonyl (C=O) groups excluding carboxylic acids is 1. The highest BCUT2D eigenvalue weighted by atomic mass is 32.1. The molecular formula is C12H19N3OS. The summed E-state index contributed by atoms with van der Waals surface area (Å²) >= 11 is 1.68. The lowest BCUT2D eigenvalue weighted by molar-refractivity contribution is -0.131. The van der Waals surface area contributed by atoms with Crippen molar-refractivity contribution in [3.63, 3.8) is 0 Å². The topological polar surface area (TPSA) is 49.6 Å². The van der Waals surface area contributed by atoms with E-state index in [1.165, 1.54) is 4.88 Å². The van der Waals surface area contributed by atoms with Gasteiger partial charge in [0.25, 0.3) is 0 Å². The van der Waals surface area contributed by atoms with Crippen molar-refractivity contribution in [1.29, 1.82) is 0 Å². The molecule has 0 bridgehead atoms. The van der Waals surface area contributed by atoms with Gasteiger partial charge in [0.1, 0.15) is 0 Å². The van der Waals surface area contributed by atoms with Gasteiger partial charge in [-0.2, -0.15) is 0 Å². The number of rotatable bonds is 4. The summed E-state index contributed by atoms with van der Waals surface area (Å²) in [5.74, 6) is 0.174. The third-order valence-electron chi connectivity index (χ3n) is 3.07. The van der Waals surface area contributed by atoms with Gasteiger partial charge in [-0.15, -0.1) is 11.3 Å². The number of nitrogens with two attached hydrogens (primary N) is 1. The predicted molar refractivity (Wildman–Crippen MR) is 69.8 cm³/mol. The highest BCUT2D eigenvalue weighted by Crippen LogP contribution is 2.12. The van der Waals surface area contributed by atoms with E-state index in [0.717, 1.165) is 19.5 Å². The zero-order valence-electron chi connectivity index (χ0n) is 10.1. The minimum atomic E-state index is 0.174. The third kappa shape index (κ3) is 3.52. The van der Waals surface area contributed by atoms with Gasteiger partial charge in [0.2, 0.25) is 5.91 Å². The molecule has 0 aromatic carbocycles. The zero-order valence-corrected chi connectivity index (χ0v) is 10.9. The molecule has 4 nitrogen and oxygen atoms in total. The maximum Gasteiger partial charge on any atom is 0.236 e. The van der Waals surface area contributed by atoms with Crippen molar-refractivity contribution in [2.45, 2.75) is 19.0 Å². The molecule has 1 aliphatic rings. The van der Waals surface area contributed by atoms with Crippen molar-refractivity contribution in [1.82, 2.24) is 9.80 Å². The van der Waals surface area contributed by atoms with Crippen LogP contribution in [0.1, 0.15) is 11.3 Å². The molecule has 0 spiro atoms. The summed E-state index contributed by atoms with van der Waals surface area (Å²) in [5.41, 5.74) is 5.82. The Hall–Kier alpha value is -0.910. The van der Waals surface area contributed by atoms with Crippen molar-refractivity contribution < 1.29 is 4.79 Å². The van der Waals surface area contributed by atoms with Crippen LogP contribution in [-0.4, -0.2) is 48.4 Å². The van der Waals surface area contributed by atoms with E-state index in [4.69, 9.17) is 5.73 Å². The van der Waals surface area contributed by atoms with Gasteiger partial charge < -0.3 is 10.6 Å². The Morgan fingerprint density at radius 3 is 3.12 bits per heavy atom. The van der Waals surface area contributed by atoms with E-state index in [-0.39, 0.29) is 11.9 Å². The van der Waals surface area contributed by atoms with Gasteiger partial charge in [0.05, 0.1) is 13.1 Å². The maximum absolute atomic E-state index is 12.0. The molecule has 0 saturated carbocycles. The summed E-state index contributed by atoms with van der Waals surface area (Å²) in [5, 5.41) is 2.03. The number of hydrogen-bond acceptors (Lipinski definition) is 4. The highest BCUT2D eigenvalue weighted by Gasteiger charge is 2.22. The molecule has 17 heavy (non-hydrogen) atoms. The predicted octanol–water partition coefficient (Wildman–Crippen LogP) is 0.740. The van der Waals surface area contributed by atoms with E-state index in [9.17, 15) is 4.79 Å². The molecule has 1 amide bonds. The summed E-state index contributed by atoms with van der Waals surface area (Å²) in [6.45, 7) is 2.99. The largest absolute Gasteiger partial charge is 0.340 e. The average Bonchev–Trinajstić information content (AvgIpc) is 2.90. The molecule has 2 rings (SSSR count). The lowest BCUT2D eigenvalue weighted by Gasteiger charge is -2.20. The standard InChI is InChI=1S/C12H19N3OS/c1-14(8-11-3-2-6-17-11)12(16)9-15-5-4-10(13)7-15/h2-3,6,10H,4-5,7-9,13H2,1H3. The number of hydrogen-bond donors (Lipinski definition) is 1. The second-order valence-corrected chi connectivity index (χ2v) is 5.65. The minimum absolute atomic E-state index is 0.174. The van der Waals surface area contributed by atoms with Crippen LogP contribution < -0.4 is 5.73 Å². The van der Waals surface area contributed by atoms with Crippen LogP contribution in [0.25, 0.3) is 0 Å². The summed E-state index contributed by atoms with van der Waals surface area (Å²) in [6, 6.07) is 4.31. The van der Waals surface area contributed by atoms with Gasteiger partial charge in [-0.1, -0.05) is 6.07 Å². The van der Waals surface area contributed by atoms with Crippen molar-refractivity contribution in [3.8, 4) is 0 Å². The number of amides is 1. The normalized spacial score (nSPS) is 20.7.